The van der Waals surface area contributed by atoms with E-state index in [1.165, 1.54) is 6.42 Å². The van der Waals surface area contributed by atoms with Crippen molar-refractivity contribution in [3.05, 3.63) is 0 Å². The van der Waals surface area contributed by atoms with Crippen LogP contribution in [0.2, 0.25) is 0 Å². The Morgan fingerprint density at radius 1 is 1.41 bits per heavy atom. The molecule has 0 spiro atoms. The van der Waals surface area contributed by atoms with Crippen molar-refractivity contribution in [2.24, 2.45) is 11.3 Å². The van der Waals surface area contributed by atoms with Crippen molar-refractivity contribution < 1.29 is 14.6 Å². The zero-order valence-corrected chi connectivity index (χ0v) is 10.4. The fourth-order valence-electron chi connectivity index (χ4n) is 2.66. The summed E-state index contributed by atoms with van der Waals surface area (Å²) in [7, 11) is 0. The number of ether oxygens (including phenoxy) is 1. The molecule has 0 bridgehead atoms. The topological polar surface area (TPSA) is 58.6 Å². The van der Waals surface area contributed by atoms with Crippen LogP contribution in [0.3, 0.4) is 0 Å². The lowest BCUT2D eigenvalue weighted by Gasteiger charge is -2.40. The standard InChI is InChI=1S/C13H23NO3/c15-10-13(4-2-5-13)9-14-12(16)7-11-3-1-6-17-8-11/h11,15H,1-10H2,(H,14,16)/t11-/m1/s1. The fraction of sp³-hybridized carbons (Fsp3) is 0.923. The second-order valence-corrected chi connectivity index (χ2v) is 5.58. The number of hydrogen-bond donors (Lipinski definition) is 2. The van der Waals surface area contributed by atoms with Gasteiger partial charge in [0.25, 0.3) is 0 Å². The third-order valence-corrected chi connectivity index (χ3v) is 4.14. The normalized spacial score (nSPS) is 27.2. The van der Waals surface area contributed by atoms with Gasteiger partial charge in [0.2, 0.25) is 5.91 Å². The van der Waals surface area contributed by atoms with Gasteiger partial charge in [-0.1, -0.05) is 6.42 Å². The van der Waals surface area contributed by atoms with Crippen LogP contribution < -0.4 is 5.32 Å². The van der Waals surface area contributed by atoms with Gasteiger partial charge < -0.3 is 15.2 Å². The third kappa shape index (κ3) is 3.42. The summed E-state index contributed by atoms with van der Waals surface area (Å²) in [6, 6.07) is 0. The van der Waals surface area contributed by atoms with E-state index in [1.54, 1.807) is 0 Å². The van der Waals surface area contributed by atoms with Crippen molar-refractivity contribution in [3.8, 4) is 0 Å². The van der Waals surface area contributed by atoms with E-state index >= 15 is 0 Å². The molecule has 0 aromatic rings. The van der Waals surface area contributed by atoms with E-state index in [-0.39, 0.29) is 17.9 Å². The van der Waals surface area contributed by atoms with E-state index in [9.17, 15) is 9.90 Å². The average Bonchev–Trinajstić information content (AvgIpc) is 2.29. The number of aliphatic hydroxyl groups is 1. The first-order valence-corrected chi connectivity index (χ1v) is 6.69. The Balaban J connectivity index is 1.66. The molecule has 2 rings (SSSR count). The maximum atomic E-state index is 11.8. The Morgan fingerprint density at radius 3 is 2.76 bits per heavy atom. The van der Waals surface area contributed by atoms with Gasteiger partial charge in [-0.2, -0.15) is 0 Å². The summed E-state index contributed by atoms with van der Waals surface area (Å²) in [5, 5.41) is 12.3. The predicted octanol–water partition coefficient (Wildman–Crippen LogP) is 1.08. The van der Waals surface area contributed by atoms with E-state index in [0.717, 1.165) is 38.9 Å². The highest BCUT2D eigenvalue weighted by molar-refractivity contribution is 5.76. The molecular formula is C13H23NO3. The maximum absolute atomic E-state index is 11.8. The zero-order valence-electron chi connectivity index (χ0n) is 10.4. The Kier molecular flexibility index (Phi) is 4.40. The van der Waals surface area contributed by atoms with Gasteiger partial charge in [0.05, 0.1) is 6.61 Å². The summed E-state index contributed by atoms with van der Waals surface area (Å²) in [4.78, 5) is 11.8. The molecule has 4 heteroatoms. The molecule has 2 fully saturated rings. The van der Waals surface area contributed by atoms with Crippen LogP contribution in [0.15, 0.2) is 0 Å². The second kappa shape index (κ2) is 5.83. The molecule has 98 valence electrons. The molecule has 1 atom stereocenters. The van der Waals surface area contributed by atoms with Gasteiger partial charge in [0.1, 0.15) is 0 Å². The van der Waals surface area contributed by atoms with Crippen molar-refractivity contribution in [1.29, 1.82) is 0 Å². The first-order chi connectivity index (χ1) is 8.24. The molecule has 1 heterocycles. The minimum Gasteiger partial charge on any atom is -0.396 e. The van der Waals surface area contributed by atoms with Gasteiger partial charge in [-0.25, -0.2) is 0 Å². The molecule has 1 aliphatic heterocycles. The molecule has 4 nitrogen and oxygen atoms in total. The lowest BCUT2D eigenvalue weighted by molar-refractivity contribution is -0.124. The van der Waals surface area contributed by atoms with Crippen LogP contribution in [0.4, 0.5) is 0 Å². The van der Waals surface area contributed by atoms with Crippen LogP contribution in [0.5, 0.6) is 0 Å². The van der Waals surface area contributed by atoms with Crippen molar-refractivity contribution >= 4 is 5.91 Å². The molecule has 1 amide bonds. The number of carbonyl (C=O) groups excluding carboxylic acids is 1. The highest BCUT2D eigenvalue weighted by Gasteiger charge is 2.36. The summed E-state index contributed by atoms with van der Waals surface area (Å²) >= 11 is 0. The number of nitrogens with one attached hydrogen (secondary N) is 1. The van der Waals surface area contributed by atoms with Crippen molar-refractivity contribution in [1.82, 2.24) is 5.32 Å². The largest absolute Gasteiger partial charge is 0.396 e. The van der Waals surface area contributed by atoms with Crippen LogP contribution in [0.25, 0.3) is 0 Å². The van der Waals surface area contributed by atoms with E-state index in [4.69, 9.17) is 4.74 Å². The Hall–Kier alpha value is -0.610. The van der Waals surface area contributed by atoms with Crippen molar-refractivity contribution in [2.75, 3.05) is 26.4 Å². The smallest absolute Gasteiger partial charge is 0.220 e. The number of rotatable bonds is 5. The number of hydrogen-bond acceptors (Lipinski definition) is 3. The minimum absolute atomic E-state index is 0.0152. The monoisotopic (exact) mass is 241 g/mol. The summed E-state index contributed by atoms with van der Waals surface area (Å²) in [5.74, 6) is 0.496. The zero-order chi connectivity index (χ0) is 12.1. The molecule has 2 N–H and O–H groups in total. The van der Waals surface area contributed by atoms with E-state index < -0.39 is 0 Å². The van der Waals surface area contributed by atoms with Gasteiger partial charge in [-0.05, 0) is 31.6 Å². The van der Waals surface area contributed by atoms with E-state index in [2.05, 4.69) is 5.32 Å². The van der Waals surface area contributed by atoms with Crippen molar-refractivity contribution in [3.63, 3.8) is 0 Å². The quantitative estimate of drug-likeness (QED) is 0.757. The van der Waals surface area contributed by atoms with Crippen LogP contribution in [-0.4, -0.2) is 37.4 Å². The molecule has 0 radical (unpaired) electrons. The van der Waals surface area contributed by atoms with Gasteiger partial charge in [-0.15, -0.1) is 0 Å². The molecule has 1 aliphatic carbocycles. The van der Waals surface area contributed by atoms with Crippen LogP contribution >= 0.6 is 0 Å². The average molecular weight is 241 g/mol. The fourth-order valence-corrected chi connectivity index (χ4v) is 2.66. The minimum atomic E-state index is -0.0152. The summed E-state index contributed by atoms with van der Waals surface area (Å²) in [6.45, 7) is 2.39. The number of carbonyl (C=O) groups is 1. The highest BCUT2D eigenvalue weighted by atomic mass is 16.5. The predicted molar refractivity (Wildman–Crippen MR) is 64.5 cm³/mol. The first-order valence-electron chi connectivity index (χ1n) is 6.69. The summed E-state index contributed by atoms with van der Waals surface area (Å²) in [5.41, 5.74) is -0.0152. The molecule has 0 unspecified atom stereocenters. The van der Waals surface area contributed by atoms with Crippen LogP contribution in [0, 0.1) is 11.3 Å². The molecule has 2 aliphatic rings. The highest BCUT2D eigenvalue weighted by Crippen LogP contribution is 2.39. The Morgan fingerprint density at radius 2 is 2.24 bits per heavy atom. The third-order valence-electron chi connectivity index (χ3n) is 4.14. The van der Waals surface area contributed by atoms with Crippen LogP contribution in [-0.2, 0) is 9.53 Å². The molecular weight excluding hydrogens is 218 g/mol. The number of amides is 1. The molecule has 1 saturated heterocycles. The van der Waals surface area contributed by atoms with Gasteiger partial charge in [0.15, 0.2) is 0 Å². The van der Waals surface area contributed by atoms with Crippen LogP contribution in [0.1, 0.15) is 38.5 Å². The Labute approximate surface area is 103 Å². The first kappa shape index (κ1) is 12.8. The second-order valence-electron chi connectivity index (χ2n) is 5.58. The summed E-state index contributed by atoms with van der Waals surface area (Å²) < 4.78 is 5.36. The van der Waals surface area contributed by atoms with E-state index in [0.29, 0.717) is 18.9 Å². The van der Waals surface area contributed by atoms with E-state index in [1.807, 2.05) is 0 Å². The maximum Gasteiger partial charge on any atom is 0.220 e. The number of aliphatic hydroxyl groups excluding tert-OH is 1. The van der Waals surface area contributed by atoms with Gasteiger partial charge in [-0.3, -0.25) is 4.79 Å². The Bertz CT molecular complexity index is 252. The van der Waals surface area contributed by atoms with Gasteiger partial charge >= 0.3 is 0 Å². The lowest BCUT2D eigenvalue weighted by atomic mass is 9.69. The SMILES string of the molecule is O=C(C[C@H]1CCCOC1)NCC1(CO)CCC1. The molecule has 0 aromatic heterocycles. The molecule has 17 heavy (non-hydrogen) atoms. The van der Waals surface area contributed by atoms with Crippen molar-refractivity contribution in [2.45, 2.75) is 38.5 Å². The molecule has 0 aromatic carbocycles. The van der Waals surface area contributed by atoms with Gasteiger partial charge in [0, 0.05) is 31.6 Å². The molecule has 1 saturated carbocycles. The summed E-state index contributed by atoms with van der Waals surface area (Å²) in [6.07, 6.45) is 5.98. The lowest BCUT2D eigenvalue weighted by Crippen LogP contribution is -2.45.